The lowest BCUT2D eigenvalue weighted by atomic mass is 10.1. The second kappa shape index (κ2) is 8.05. The van der Waals surface area contributed by atoms with Crippen LogP contribution in [0.3, 0.4) is 0 Å². The summed E-state index contributed by atoms with van der Waals surface area (Å²) in [6, 6.07) is 0.408. The van der Waals surface area contributed by atoms with E-state index in [1.165, 1.54) is 0 Å². The summed E-state index contributed by atoms with van der Waals surface area (Å²) in [6.45, 7) is 4.08. The third-order valence-electron chi connectivity index (χ3n) is 3.72. The fourth-order valence-corrected chi connectivity index (χ4v) is 2.48. The van der Waals surface area contributed by atoms with Crippen LogP contribution in [0.4, 0.5) is 0 Å². The van der Waals surface area contributed by atoms with E-state index in [0.717, 1.165) is 31.5 Å². The Hall–Kier alpha value is -1.73. The molecule has 0 bridgehead atoms. The summed E-state index contributed by atoms with van der Waals surface area (Å²) < 4.78 is 5.75. The van der Waals surface area contributed by atoms with Gasteiger partial charge >= 0.3 is 12.0 Å². The molecule has 0 amide bonds. The van der Waals surface area contributed by atoms with Gasteiger partial charge in [0.25, 0.3) is 0 Å². The van der Waals surface area contributed by atoms with E-state index in [0.29, 0.717) is 19.0 Å². The number of hydrogen-bond donors (Lipinski definition) is 2. The van der Waals surface area contributed by atoms with Gasteiger partial charge in [-0.1, -0.05) is 0 Å². The van der Waals surface area contributed by atoms with Gasteiger partial charge in [-0.3, -0.25) is 4.79 Å². The fourth-order valence-electron chi connectivity index (χ4n) is 2.48. The van der Waals surface area contributed by atoms with Gasteiger partial charge in [-0.2, -0.15) is 0 Å². The smallest absolute Gasteiger partial charge is 0.316 e. The highest BCUT2D eigenvalue weighted by atomic mass is 16.5. The van der Waals surface area contributed by atoms with E-state index in [-0.39, 0.29) is 12.5 Å². The Morgan fingerprint density at radius 1 is 1.41 bits per heavy atom. The first-order chi connectivity index (χ1) is 10.5. The number of aryl methyl sites for hydroxylation is 1. The summed E-state index contributed by atoms with van der Waals surface area (Å²) in [6.07, 6.45) is 4.97. The van der Waals surface area contributed by atoms with Crippen LogP contribution in [0, 0.1) is 6.92 Å². The third kappa shape index (κ3) is 5.57. The number of carboxylic acids is 1. The van der Waals surface area contributed by atoms with Crippen LogP contribution in [0.25, 0.3) is 0 Å². The van der Waals surface area contributed by atoms with Crippen molar-refractivity contribution in [1.82, 2.24) is 14.9 Å². The van der Waals surface area contributed by atoms with Crippen LogP contribution >= 0.6 is 0 Å². The molecule has 2 heterocycles. The van der Waals surface area contributed by atoms with Gasteiger partial charge in [0.05, 0.1) is 6.10 Å². The van der Waals surface area contributed by atoms with E-state index in [9.17, 15) is 9.90 Å². The average molecular weight is 309 g/mol. The molecule has 1 saturated heterocycles. The predicted molar refractivity (Wildman–Crippen MR) is 79.7 cm³/mol. The Balaban J connectivity index is 1.69. The lowest BCUT2D eigenvalue weighted by Gasteiger charge is -2.32. The molecule has 0 aliphatic carbocycles. The molecule has 0 saturated carbocycles. The highest BCUT2D eigenvalue weighted by Crippen LogP contribution is 2.16. The zero-order valence-electron chi connectivity index (χ0n) is 12.8. The zero-order valence-corrected chi connectivity index (χ0v) is 12.8. The zero-order chi connectivity index (χ0) is 15.9. The first-order valence-corrected chi connectivity index (χ1v) is 7.60. The van der Waals surface area contributed by atoms with Crippen molar-refractivity contribution in [1.29, 1.82) is 0 Å². The number of aliphatic hydroxyl groups excluding tert-OH is 1. The van der Waals surface area contributed by atoms with E-state index in [4.69, 9.17) is 9.84 Å². The summed E-state index contributed by atoms with van der Waals surface area (Å²) in [5, 5.41) is 18.4. The van der Waals surface area contributed by atoms with Crippen LogP contribution < -0.4 is 4.74 Å². The molecule has 1 fully saturated rings. The Morgan fingerprint density at radius 3 is 2.64 bits per heavy atom. The number of piperidine rings is 1. The first-order valence-electron chi connectivity index (χ1n) is 7.60. The number of hydrogen-bond acceptors (Lipinski definition) is 6. The van der Waals surface area contributed by atoms with Crippen molar-refractivity contribution >= 4 is 5.97 Å². The van der Waals surface area contributed by atoms with Crippen LogP contribution in [0.2, 0.25) is 0 Å². The van der Waals surface area contributed by atoms with Crippen molar-refractivity contribution in [2.75, 3.05) is 19.6 Å². The highest BCUT2D eigenvalue weighted by Gasteiger charge is 2.23. The molecule has 2 N–H and O–H groups in total. The molecule has 7 heteroatoms. The van der Waals surface area contributed by atoms with E-state index >= 15 is 0 Å². The largest absolute Gasteiger partial charge is 0.481 e. The van der Waals surface area contributed by atoms with Gasteiger partial charge < -0.3 is 19.8 Å². The molecular weight excluding hydrogens is 286 g/mol. The third-order valence-corrected chi connectivity index (χ3v) is 3.72. The van der Waals surface area contributed by atoms with Gasteiger partial charge in [-0.15, -0.1) is 0 Å². The number of carboxylic acid groups (broad SMARTS) is 1. The Labute approximate surface area is 130 Å². The Bertz CT molecular complexity index is 472. The average Bonchev–Trinajstić information content (AvgIpc) is 2.49. The number of likely N-dealkylation sites (tertiary alicyclic amines) is 1. The quantitative estimate of drug-likeness (QED) is 0.771. The molecule has 22 heavy (non-hydrogen) atoms. The summed E-state index contributed by atoms with van der Waals surface area (Å²) in [7, 11) is 0. The minimum absolute atomic E-state index is 0.00546. The standard InChI is InChI=1S/C15H23N3O4/c1-11-8-16-15(17-9-11)22-13-4-6-18(7-5-13)10-12(19)2-3-14(20)21/h8-9,12-13,19H,2-7,10H2,1H3,(H,20,21). The molecule has 1 unspecified atom stereocenters. The van der Waals surface area contributed by atoms with Crippen LogP contribution in [0.15, 0.2) is 12.4 Å². The fraction of sp³-hybridized carbons (Fsp3) is 0.667. The maximum atomic E-state index is 10.5. The Kier molecular flexibility index (Phi) is 6.09. The Morgan fingerprint density at radius 2 is 2.05 bits per heavy atom. The van der Waals surface area contributed by atoms with Crippen molar-refractivity contribution in [2.24, 2.45) is 0 Å². The second-order valence-electron chi connectivity index (χ2n) is 5.75. The summed E-state index contributed by atoms with van der Waals surface area (Å²) in [5.41, 5.74) is 0.998. The van der Waals surface area contributed by atoms with Crippen LogP contribution in [-0.4, -0.2) is 62.9 Å². The number of β-amino-alcohol motifs (C(OH)–C–C–N with tert-alkyl or cyclic N) is 1. The van der Waals surface area contributed by atoms with Crippen LogP contribution in [-0.2, 0) is 4.79 Å². The van der Waals surface area contributed by atoms with E-state index in [2.05, 4.69) is 14.9 Å². The topological polar surface area (TPSA) is 95.8 Å². The van der Waals surface area contributed by atoms with E-state index in [1.807, 2.05) is 6.92 Å². The van der Waals surface area contributed by atoms with Crippen LogP contribution in [0.1, 0.15) is 31.2 Å². The minimum atomic E-state index is -0.871. The number of carbonyl (C=O) groups is 1. The van der Waals surface area contributed by atoms with Crippen molar-refractivity contribution in [3.05, 3.63) is 18.0 Å². The SMILES string of the molecule is Cc1cnc(OC2CCN(CC(O)CCC(=O)O)CC2)nc1. The lowest BCUT2D eigenvalue weighted by Crippen LogP contribution is -2.42. The van der Waals surface area contributed by atoms with Gasteiger partial charge in [0.15, 0.2) is 0 Å². The predicted octanol–water partition coefficient (Wildman–Crippen LogP) is 0.854. The van der Waals surface area contributed by atoms with Gasteiger partial charge in [0.1, 0.15) is 6.10 Å². The van der Waals surface area contributed by atoms with Crippen LogP contribution in [0.5, 0.6) is 6.01 Å². The first kappa shape index (κ1) is 16.6. The monoisotopic (exact) mass is 309 g/mol. The molecule has 1 aromatic heterocycles. The molecule has 1 aliphatic heterocycles. The maximum Gasteiger partial charge on any atom is 0.316 e. The van der Waals surface area contributed by atoms with Gasteiger partial charge in [0, 0.05) is 38.4 Å². The van der Waals surface area contributed by atoms with Gasteiger partial charge in [0.2, 0.25) is 0 Å². The lowest BCUT2D eigenvalue weighted by molar-refractivity contribution is -0.137. The van der Waals surface area contributed by atoms with E-state index < -0.39 is 12.1 Å². The summed E-state index contributed by atoms with van der Waals surface area (Å²) in [5.74, 6) is -0.871. The number of aliphatic carboxylic acids is 1. The van der Waals surface area contributed by atoms with Gasteiger partial charge in [-0.25, -0.2) is 9.97 Å². The van der Waals surface area contributed by atoms with Gasteiger partial charge in [-0.05, 0) is 31.7 Å². The molecule has 2 rings (SSSR count). The minimum Gasteiger partial charge on any atom is -0.481 e. The van der Waals surface area contributed by atoms with Crippen molar-refractivity contribution in [3.8, 4) is 6.01 Å². The molecule has 122 valence electrons. The summed E-state index contributed by atoms with van der Waals surface area (Å²) >= 11 is 0. The molecule has 7 nitrogen and oxygen atoms in total. The number of rotatable bonds is 7. The number of ether oxygens (including phenoxy) is 1. The molecule has 0 radical (unpaired) electrons. The molecule has 1 aliphatic rings. The number of nitrogens with zero attached hydrogens (tertiary/aromatic N) is 3. The molecule has 1 aromatic rings. The normalized spacial score (nSPS) is 18.1. The highest BCUT2D eigenvalue weighted by molar-refractivity contribution is 5.66. The van der Waals surface area contributed by atoms with Crippen molar-refractivity contribution < 1.29 is 19.7 Å². The van der Waals surface area contributed by atoms with E-state index in [1.54, 1.807) is 12.4 Å². The molecular formula is C15H23N3O4. The molecule has 1 atom stereocenters. The molecule has 0 spiro atoms. The molecule has 0 aromatic carbocycles. The number of aromatic nitrogens is 2. The van der Waals surface area contributed by atoms with Crippen molar-refractivity contribution in [2.45, 2.75) is 44.8 Å². The second-order valence-corrected chi connectivity index (χ2v) is 5.75. The number of aliphatic hydroxyl groups is 1. The van der Waals surface area contributed by atoms with Crippen molar-refractivity contribution in [3.63, 3.8) is 0 Å². The maximum absolute atomic E-state index is 10.5. The summed E-state index contributed by atoms with van der Waals surface area (Å²) in [4.78, 5) is 20.9.